The van der Waals surface area contributed by atoms with Crippen molar-refractivity contribution in [2.24, 2.45) is 11.8 Å². The lowest BCUT2D eigenvalue weighted by Gasteiger charge is -2.19. The van der Waals surface area contributed by atoms with Crippen molar-refractivity contribution in [1.29, 1.82) is 0 Å². The van der Waals surface area contributed by atoms with Gasteiger partial charge in [-0.3, -0.25) is 9.59 Å². The summed E-state index contributed by atoms with van der Waals surface area (Å²) in [5.74, 6) is 0.930. The molecule has 0 radical (unpaired) electrons. The van der Waals surface area contributed by atoms with Crippen molar-refractivity contribution in [3.05, 3.63) is 52.0 Å². The summed E-state index contributed by atoms with van der Waals surface area (Å²) in [6, 6.07) is 10.5. The van der Waals surface area contributed by atoms with E-state index < -0.39 is 0 Å². The number of carbonyl (C=O) groups is 2. The molecule has 0 aliphatic carbocycles. The van der Waals surface area contributed by atoms with Crippen LogP contribution < -0.4 is 5.32 Å². The van der Waals surface area contributed by atoms with E-state index in [-0.39, 0.29) is 30.1 Å². The number of amides is 1. The second kappa shape index (κ2) is 15.6. The van der Waals surface area contributed by atoms with Gasteiger partial charge in [-0.05, 0) is 74.1 Å². The van der Waals surface area contributed by atoms with Crippen LogP contribution in [0.5, 0.6) is 0 Å². The predicted molar refractivity (Wildman–Crippen MR) is 166 cm³/mol. The number of rotatable bonds is 17. The van der Waals surface area contributed by atoms with Gasteiger partial charge in [0.25, 0.3) is 0 Å². The van der Waals surface area contributed by atoms with Crippen LogP contribution in [-0.2, 0) is 20.7 Å². The quantitative estimate of drug-likeness (QED) is 0.137. The maximum atomic E-state index is 13.5. The summed E-state index contributed by atoms with van der Waals surface area (Å²) in [5, 5.41) is 5.14. The van der Waals surface area contributed by atoms with Crippen LogP contribution in [0.3, 0.4) is 0 Å². The molecule has 1 fully saturated rings. The molecule has 1 amide bonds. The van der Waals surface area contributed by atoms with E-state index in [0.717, 1.165) is 62.0 Å². The predicted octanol–water partition coefficient (Wildman–Crippen LogP) is 6.99. The smallest absolute Gasteiger partial charge is 0.223 e. The van der Waals surface area contributed by atoms with E-state index >= 15 is 0 Å². The Balaban J connectivity index is 1.40. The summed E-state index contributed by atoms with van der Waals surface area (Å²) < 4.78 is 13.7. The van der Waals surface area contributed by atoms with Crippen molar-refractivity contribution in [1.82, 2.24) is 14.9 Å². The lowest BCUT2D eigenvalue weighted by Crippen LogP contribution is -2.34. The average molecular weight is 582 g/mol. The molecule has 1 aliphatic heterocycles. The summed E-state index contributed by atoms with van der Waals surface area (Å²) >= 11 is 1.74. The molecule has 3 aromatic rings. The van der Waals surface area contributed by atoms with Crippen LogP contribution in [0.4, 0.5) is 0 Å². The third kappa shape index (κ3) is 8.72. The van der Waals surface area contributed by atoms with Gasteiger partial charge in [0.1, 0.15) is 5.82 Å². The Labute approximate surface area is 249 Å². The van der Waals surface area contributed by atoms with E-state index in [4.69, 9.17) is 14.5 Å². The molecular weight excluding hydrogens is 534 g/mol. The zero-order chi connectivity index (χ0) is 29.2. The minimum atomic E-state index is -0.359. The molecule has 41 heavy (non-hydrogen) atoms. The molecule has 4 rings (SSSR count). The third-order valence-electron chi connectivity index (χ3n) is 7.96. The first kappa shape index (κ1) is 31.4. The molecule has 1 aromatic carbocycles. The second-order valence-electron chi connectivity index (χ2n) is 11.6. The van der Waals surface area contributed by atoms with Crippen molar-refractivity contribution in [3.8, 4) is 0 Å². The fraction of sp³-hybridized carbons (Fsp3) is 0.606. The summed E-state index contributed by atoms with van der Waals surface area (Å²) in [4.78, 5) is 32.9. The molecule has 1 aliphatic rings. The number of Topliss-reactive ketones (excluding diaryl/α,β-unsaturated/α-hetero) is 1. The van der Waals surface area contributed by atoms with Gasteiger partial charge >= 0.3 is 0 Å². The fourth-order valence-corrected chi connectivity index (χ4v) is 6.49. The topological polar surface area (TPSA) is 82.5 Å². The number of imidazole rings is 1. The number of thiophene rings is 1. The van der Waals surface area contributed by atoms with Gasteiger partial charge in [-0.15, -0.1) is 11.3 Å². The summed E-state index contributed by atoms with van der Waals surface area (Å²) in [6.45, 7) is 11.2. The van der Waals surface area contributed by atoms with Crippen LogP contribution >= 0.6 is 11.3 Å². The molecular formula is C33H47N3O4S. The number of hydrogen-bond acceptors (Lipinski definition) is 6. The molecule has 1 unspecified atom stereocenters. The molecule has 1 saturated heterocycles. The Hall–Kier alpha value is -2.55. The number of ketones is 1. The molecule has 0 saturated carbocycles. The number of aromatic nitrogens is 2. The third-order valence-corrected chi connectivity index (χ3v) is 8.83. The van der Waals surface area contributed by atoms with Crippen molar-refractivity contribution < 1.29 is 19.1 Å². The second-order valence-corrected chi connectivity index (χ2v) is 12.7. The lowest BCUT2D eigenvalue weighted by molar-refractivity contribution is -0.125. The fourth-order valence-electron chi connectivity index (χ4n) is 5.79. The number of hydrogen-bond donors (Lipinski definition) is 1. The van der Waals surface area contributed by atoms with Gasteiger partial charge in [0, 0.05) is 55.0 Å². The number of carbonyl (C=O) groups excluding carboxylic acids is 2. The Morgan fingerprint density at radius 1 is 1.22 bits per heavy atom. The maximum Gasteiger partial charge on any atom is 0.223 e. The Bertz CT molecular complexity index is 1240. The van der Waals surface area contributed by atoms with Gasteiger partial charge < -0.3 is 19.4 Å². The summed E-state index contributed by atoms with van der Waals surface area (Å²) in [5.41, 5.74) is 2.54. The van der Waals surface area contributed by atoms with Gasteiger partial charge in [0.05, 0.1) is 23.7 Å². The summed E-state index contributed by atoms with van der Waals surface area (Å²) in [6.07, 6.45) is 6.81. The van der Waals surface area contributed by atoms with Crippen LogP contribution in [0.2, 0.25) is 0 Å². The van der Waals surface area contributed by atoms with Gasteiger partial charge in [0.2, 0.25) is 5.91 Å². The SMILES string of the molecule is CCC(CC)n1c(Cc2cccs2)nc2cc(C(=O)C[C@@H](CC(C)C)C(=O)NCCCOCC3CCCO3)ccc21. The van der Waals surface area contributed by atoms with Crippen LogP contribution in [0.25, 0.3) is 11.0 Å². The first-order valence-electron chi connectivity index (χ1n) is 15.4. The van der Waals surface area contributed by atoms with Crippen LogP contribution in [0.1, 0.15) is 99.7 Å². The van der Waals surface area contributed by atoms with E-state index in [1.165, 1.54) is 4.88 Å². The highest BCUT2D eigenvalue weighted by Crippen LogP contribution is 2.29. The molecule has 7 nitrogen and oxygen atoms in total. The average Bonchev–Trinajstić information content (AvgIpc) is 3.73. The molecule has 2 aromatic heterocycles. The number of nitrogens with one attached hydrogen (secondary N) is 1. The largest absolute Gasteiger partial charge is 0.379 e. The van der Waals surface area contributed by atoms with E-state index in [2.05, 4.69) is 55.1 Å². The molecule has 0 bridgehead atoms. The minimum Gasteiger partial charge on any atom is -0.379 e. The number of fused-ring (bicyclic) bond motifs is 1. The lowest BCUT2D eigenvalue weighted by atomic mass is 9.89. The molecule has 2 atom stereocenters. The normalized spacial score (nSPS) is 16.2. The van der Waals surface area contributed by atoms with E-state index in [0.29, 0.717) is 43.7 Å². The van der Waals surface area contributed by atoms with Crippen molar-refractivity contribution in [2.75, 3.05) is 26.4 Å². The van der Waals surface area contributed by atoms with Crippen molar-refractivity contribution in [3.63, 3.8) is 0 Å². The standard InChI is InChI=1S/C33H47N3O4S/c1-5-26(6-2)36-30-13-12-24(19-29(30)35-32(36)21-28-11-8-17-41-28)31(37)20-25(18-23(3)4)33(38)34-14-9-15-39-22-27-10-7-16-40-27/h8,11-13,17,19,23,25-27H,5-7,9-10,14-16,18,20-22H2,1-4H3,(H,34,38)/t25-,27?/m1/s1. The number of ether oxygens (including phenoxy) is 2. The highest BCUT2D eigenvalue weighted by molar-refractivity contribution is 7.09. The van der Waals surface area contributed by atoms with Crippen LogP contribution in [0.15, 0.2) is 35.7 Å². The van der Waals surface area contributed by atoms with Gasteiger partial charge in [-0.1, -0.05) is 33.8 Å². The Kier molecular flexibility index (Phi) is 12.0. The minimum absolute atomic E-state index is 0.00973. The maximum absolute atomic E-state index is 13.5. The molecule has 0 spiro atoms. The Morgan fingerprint density at radius 3 is 2.73 bits per heavy atom. The van der Waals surface area contributed by atoms with E-state index in [1.54, 1.807) is 11.3 Å². The highest BCUT2D eigenvalue weighted by Gasteiger charge is 2.25. The highest BCUT2D eigenvalue weighted by atomic mass is 32.1. The van der Waals surface area contributed by atoms with Crippen molar-refractivity contribution in [2.45, 2.75) is 91.2 Å². The molecule has 224 valence electrons. The van der Waals surface area contributed by atoms with Crippen molar-refractivity contribution >= 4 is 34.1 Å². The zero-order valence-corrected chi connectivity index (χ0v) is 26.0. The number of nitrogens with zero attached hydrogens (tertiary/aromatic N) is 2. The number of benzene rings is 1. The monoisotopic (exact) mass is 581 g/mol. The Morgan fingerprint density at radius 2 is 2.05 bits per heavy atom. The van der Waals surface area contributed by atoms with Gasteiger partial charge in [0.15, 0.2) is 5.78 Å². The van der Waals surface area contributed by atoms with Crippen LogP contribution in [0, 0.1) is 11.8 Å². The molecule has 1 N–H and O–H groups in total. The first-order chi connectivity index (χ1) is 19.9. The van der Waals surface area contributed by atoms with E-state index in [1.807, 2.05) is 18.2 Å². The van der Waals surface area contributed by atoms with Gasteiger partial charge in [-0.25, -0.2) is 4.98 Å². The van der Waals surface area contributed by atoms with E-state index in [9.17, 15) is 9.59 Å². The summed E-state index contributed by atoms with van der Waals surface area (Å²) in [7, 11) is 0. The van der Waals surface area contributed by atoms with Gasteiger partial charge in [-0.2, -0.15) is 0 Å². The zero-order valence-electron chi connectivity index (χ0n) is 25.2. The van der Waals surface area contributed by atoms with Crippen LogP contribution in [-0.4, -0.2) is 53.7 Å². The first-order valence-corrected chi connectivity index (χ1v) is 16.3. The molecule has 3 heterocycles. The molecule has 8 heteroatoms.